The number of amides is 1. The van der Waals surface area contributed by atoms with E-state index >= 15 is 0 Å². The molecule has 0 rings (SSSR count). The van der Waals surface area contributed by atoms with E-state index in [0.717, 1.165) is 0 Å². The summed E-state index contributed by atoms with van der Waals surface area (Å²) >= 11 is 1.18. The second kappa shape index (κ2) is 8.75. The number of carbonyl (C=O) groups is 2. The van der Waals surface area contributed by atoms with Gasteiger partial charge in [-0.15, -0.1) is 0 Å². The van der Waals surface area contributed by atoms with Crippen LogP contribution in [-0.4, -0.2) is 48.7 Å². The van der Waals surface area contributed by atoms with Gasteiger partial charge in [0.05, 0.1) is 16.8 Å². The Hall–Kier alpha value is -0.600. The van der Waals surface area contributed by atoms with Crippen LogP contribution >= 0.6 is 11.8 Å². The zero-order valence-electron chi connectivity index (χ0n) is 12.9. The lowest BCUT2D eigenvalue weighted by Gasteiger charge is -2.26. The van der Waals surface area contributed by atoms with Crippen molar-refractivity contribution in [2.24, 2.45) is 11.5 Å². The number of carbonyl (C=O) groups excluding carboxylic acids is 2. The van der Waals surface area contributed by atoms with Gasteiger partial charge in [-0.05, 0) is 19.1 Å². The van der Waals surface area contributed by atoms with Crippen LogP contribution in [0.15, 0.2) is 0 Å². The van der Waals surface area contributed by atoms with Crippen LogP contribution < -0.4 is 11.5 Å². The molecule has 0 saturated carbocycles. The van der Waals surface area contributed by atoms with Gasteiger partial charge in [-0.1, -0.05) is 26.7 Å². The molecule has 4 N–H and O–H groups in total. The van der Waals surface area contributed by atoms with Crippen LogP contribution in [0.2, 0.25) is 0 Å². The number of primary amides is 1. The first-order chi connectivity index (χ1) is 9.65. The van der Waals surface area contributed by atoms with E-state index < -0.39 is 38.1 Å². The SMILES string of the molecule is CCCC(CCC)S(=O)(=O)CC(N)(C(N)=O)C(=O)CSC. The van der Waals surface area contributed by atoms with Gasteiger partial charge in [0.25, 0.3) is 0 Å². The van der Waals surface area contributed by atoms with Gasteiger partial charge >= 0.3 is 0 Å². The summed E-state index contributed by atoms with van der Waals surface area (Å²) in [6.07, 6.45) is 4.06. The van der Waals surface area contributed by atoms with Crippen LogP contribution in [0.3, 0.4) is 0 Å². The lowest BCUT2D eigenvalue weighted by Crippen LogP contribution is -2.63. The molecule has 0 aromatic carbocycles. The van der Waals surface area contributed by atoms with Gasteiger partial charge in [0.15, 0.2) is 21.2 Å². The highest BCUT2D eigenvalue weighted by molar-refractivity contribution is 7.99. The third-order valence-electron chi connectivity index (χ3n) is 3.37. The molecule has 1 atom stereocenters. The van der Waals surface area contributed by atoms with Crippen molar-refractivity contribution in [3.8, 4) is 0 Å². The Balaban J connectivity index is 5.40. The summed E-state index contributed by atoms with van der Waals surface area (Å²) in [5.74, 6) is -2.48. The van der Waals surface area contributed by atoms with Crippen molar-refractivity contribution >= 4 is 33.3 Å². The third kappa shape index (κ3) is 5.60. The summed E-state index contributed by atoms with van der Waals surface area (Å²) in [4.78, 5) is 23.6. The van der Waals surface area contributed by atoms with Crippen molar-refractivity contribution < 1.29 is 18.0 Å². The molecule has 0 spiro atoms. The van der Waals surface area contributed by atoms with Crippen molar-refractivity contribution in [3.63, 3.8) is 0 Å². The molecule has 0 aliphatic rings. The Kier molecular flexibility index (Phi) is 8.50. The number of nitrogens with two attached hydrogens (primary N) is 2. The fourth-order valence-corrected chi connectivity index (χ4v) is 5.01. The smallest absolute Gasteiger partial charge is 0.246 e. The van der Waals surface area contributed by atoms with E-state index in [0.29, 0.717) is 25.7 Å². The van der Waals surface area contributed by atoms with Crippen LogP contribution in [0.25, 0.3) is 0 Å². The molecule has 21 heavy (non-hydrogen) atoms. The van der Waals surface area contributed by atoms with Crippen LogP contribution in [0, 0.1) is 0 Å². The van der Waals surface area contributed by atoms with Crippen LogP contribution in [0.4, 0.5) is 0 Å². The Morgan fingerprint density at radius 1 is 1.19 bits per heavy atom. The third-order valence-corrected chi connectivity index (χ3v) is 6.27. The van der Waals surface area contributed by atoms with Crippen molar-refractivity contribution in [2.75, 3.05) is 17.8 Å². The van der Waals surface area contributed by atoms with Gasteiger partial charge in [0.2, 0.25) is 5.91 Å². The number of hydrogen-bond donors (Lipinski definition) is 2. The Bertz CT molecular complexity index is 459. The van der Waals surface area contributed by atoms with Gasteiger partial charge in [0.1, 0.15) is 0 Å². The van der Waals surface area contributed by atoms with Crippen molar-refractivity contribution in [1.29, 1.82) is 0 Å². The molecule has 0 saturated heterocycles. The first-order valence-corrected chi connectivity index (χ1v) is 10.1. The van der Waals surface area contributed by atoms with E-state index in [1.807, 2.05) is 13.8 Å². The average Bonchev–Trinajstić information content (AvgIpc) is 2.37. The van der Waals surface area contributed by atoms with E-state index in [1.54, 1.807) is 6.26 Å². The zero-order valence-corrected chi connectivity index (χ0v) is 14.6. The van der Waals surface area contributed by atoms with Gasteiger partial charge in [0, 0.05) is 0 Å². The number of Topliss-reactive ketones (excluding diaryl/α,β-unsaturated/α-hetero) is 1. The molecule has 0 aromatic rings. The maximum Gasteiger partial charge on any atom is 0.246 e. The Morgan fingerprint density at radius 3 is 2.00 bits per heavy atom. The molecule has 0 fully saturated rings. The minimum absolute atomic E-state index is 0.0405. The number of ketones is 1. The standard InChI is InChI=1S/C13H26N2O4S2/c1-4-6-10(7-5-2)21(18,19)9-13(15,12(14)17)11(16)8-20-3/h10H,4-9,15H2,1-3H3,(H2,14,17). The van der Waals surface area contributed by atoms with Gasteiger partial charge in [-0.25, -0.2) is 8.42 Å². The Labute approximate surface area is 131 Å². The summed E-state index contributed by atoms with van der Waals surface area (Å²) < 4.78 is 25.0. The topological polar surface area (TPSA) is 120 Å². The molecule has 1 amide bonds. The van der Waals surface area contributed by atoms with E-state index in [2.05, 4.69) is 0 Å². The summed E-state index contributed by atoms with van der Waals surface area (Å²) in [7, 11) is -3.67. The summed E-state index contributed by atoms with van der Waals surface area (Å²) in [6.45, 7) is 3.78. The lowest BCUT2D eigenvalue weighted by atomic mass is 9.98. The van der Waals surface area contributed by atoms with Crippen LogP contribution in [-0.2, 0) is 19.4 Å². The largest absolute Gasteiger partial charge is 0.368 e. The molecule has 8 heteroatoms. The fourth-order valence-electron chi connectivity index (χ4n) is 2.13. The quantitative estimate of drug-likeness (QED) is 0.529. The molecule has 0 aromatic heterocycles. The van der Waals surface area contributed by atoms with E-state index in [9.17, 15) is 18.0 Å². The Morgan fingerprint density at radius 2 is 1.67 bits per heavy atom. The van der Waals surface area contributed by atoms with Crippen molar-refractivity contribution in [2.45, 2.75) is 50.3 Å². The molecular formula is C13H26N2O4S2. The number of hydrogen-bond acceptors (Lipinski definition) is 6. The van der Waals surface area contributed by atoms with Crippen molar-refractivity contribution in [3.05, 3.63) is 0 Å². The summed E-state index contributed by atoms with van der Waals surface area (Å²) in [5.41, 5.74) is 8.83. The minimum Gasteiger partial charge on any atom is -0.368 e. The maximum absolute atomic E-state index is 12.5. The first-order valence-electron chi connectivity index (χ1n) is 6.98. The highest BCUT2D eigenvalue weighted by Gasteiger charge is 2.45. The van der Waals surface area contributed by atoms with Crippen LogP contribution in [0.1, 0.15) is 39.5 Å². The number of sulfone groups is 1. The van der Waals surface area contributed by atoms with Gasteiger partial charge in [-0.2, -0.15) is 11.8 Å². The van der Waals surface area contributed by atoms with E-state index in [1.165, 1.54) is 11.8 Å². The monoisotopic (exact) mass is 338 g/mol. The molecule has 0 radical (unpaired) electrons. The highest BCUT2D eigenvalue weighted by atomic mass is 32.2. The predicted octanol–water partition coefficient (Wildman–Crippen LogP) is 0.485. The second-order valence-corrected chi connectivity index (χ2v) is 8.35. The first kappa shape index (κ1) is 20.4. The van der Waals surface area contributed by atoms with E-state index in [4.69, 9.17) is 11.5 Å². The molecule has 6 nitrogen and oxygen atoms in total. The average molecular weight is 338 g/mol. The van der Waals surface area contributed by atoms with Gasteiger partial charge in [-0.3, -0.25) is 9.59 Å². The molecular weight excluding hydrogens is 312 g/mol. The van der Waals surface area contributed by atoms with Gasteiger partial charge < -0.3 is 11.5 Å². The number of thioether (sulfide) groups is 1. The summed E-state index contributed by atoms with van der Waals surface area (Å²) in [5, 5.41) is -0.586. The van der Waals surface area contributed by atoms with E-state index in [-0.39, 0.29) is 5.75 Å². The molecule has 0 aliphatic carbocycles. The molecule has 0 aliphatic heterocycles. The minimum atomic E-state index is -3.67. The molecule has 1 unspecified atom stereocenters. The second-order valence-electron chi connectivity index (χ2n) is 5.20. The summed E-state index contributed by atoms with van der Waals surface area (Å²) in [6, 6.07) is 0. The number of rotatable bonds is 11. The molecule has 0 bridgehead atoms. The maximum atomic E-state index is 12.5. The highest BCUT2D eigenvalue weighted by Crippen LogP contribution is 2.20. The normalized spacial score (nSPS) is 14.9. The van der Waals surface area contributed by atoms with Crippen molar-refractivity contribution in [1.82, 2.24) is 0 Å². The van der Waals surface area contributed by atoms with Crippen LogP contribution in [0.5, 0.6) is 0 Å². The zero-order chi connectivity index (χ0) is 16.7. The molecule has 0 heterocycles. The molecule has 124 valence electrons. The fraction of sp³-hybridized carbons (Fsp3) is 0.846. The lowest BCUT2D eigenvalue weighted by molar-refractivity contribution is -0.131. The predicted molar refractivity (Wildman–Crippen MR) is 86.9 cm³/mol.